The van der Waals surface area contributed by atoms with Crippen LogP contribution in [0.1, 0.15) is 78.1 Å². The fraction of sp³-hybridized carbons (Fsp3) is 1.00. The Morgan fingerprint density at radius 1 is 0.647 bits per heavy atom. The van der Waals surface area contributed by atoms with Crippen molar-refractivity contribution in [1.29, 1.82) is 0 Å². The molecule has 2 fully saturated rings. The van der Waals surface area contributed by atoms with Crippen LogP contribution in [0.3, 0.4) is 0 Å². The van der Waals surface area contributed by atoms with Gasteiger partial charge in [0.25, 0.3) is 0 Å². The van der Waals surface area contributed by atoms with Gasteiger partial charge in [-0.25, -0.2) is 10.0 Å². The van der Waals surface area contributed by atoms with Crippen LogP contribution in [0.2, 0.25) is 0 Å². The van der Waals surface area contributed by atoms with Gasteiger partial charge in [-0.3, -0.25) is 0 Å². The first-order valence-electron chi connectivity index (χ1n) is 8.10. The summed E-state index contributed by atoms with van der Waals surface area (Å²) in [4.78, 5) is 0. The van der Waals surface area contributed by atoms with E-state index in [0.717, 1.165) is 10.5 Å². The Morgan fingerprint density at radius 3 is 1.29 bits per heavy atom. The van der Waals surface area contributed by atoms with Crippen LogP contribution in [0, 0.1) is 0 Å². The van der Waals surface area contributed by atoms with E-state index in [2.05, 4.69) is 13.8 Å². The molecule has 0 aromatic rings. The maximum absolute atomic E-state index is 2.52. The molecule has 0 amide bonds. The van der Waals surface area contributed by atoms with Crippen LogP contribution in [0.4, 0.5) is 0 Å². The Morgan fingerprint density at radius 2 is 1.00 bits per heavy atom. The van der Waals surface area contributed by atoms with Gasteiger partial charge in [0.15, 0.2) is 0 Å². The SMILES string of the molecule is CCS(CC)(C1CCCCC1)C1CCCCC1. The Bertz CT molecular complexity index is 188. The van der Waals surface area contributed by atoms with E-state index in [1.165, 1.54) is 50.0 Å². The second kappa shape index (κ2) is 6.50. The topological polar surface area (TPSA) is 0 Å². The third-order valence-electron chi connectivity index (χ3n) is 5.51. The molecule has 0 saturated heterocycles. The summed E-state index contributed by atoms with van der Waals surface area (Å²) < 4.78 is 0. The first kappa shape index (κ1) is 13.8. The van der Waals surface area contributed by atoms with Gasteiger partial charge in [0.2, 0.25) is 0 Å². The highest BCUT2D eigenvalue weighted by Gasteiger charge is 2.38. The standard InChI is InChI=1S/C16H32S/c1-3-17(4-2,15-11-7-5-8-12-15)16-13-9-6-10-14-16/h15-16H,3-14H2,1-2H3. The van der Waals surface area contributed by atoms with Gasteiger partial charge in [0, 0.05) is 0 Å². The predicted octanol–water partition coefficient (Wildman–Crippen LogP) is 5.50. The lowest BCUT2D eigenvalue weighted by Gasteiger charge is -2.54. The molecule has 0 spiro atoms. The van der Waals surface area contributed by atoms with Crippen LogP contribution >= 0.6 is 10.0 Å². The molecule has 2 saturated carbocycles. The van der Waals surface area contributed by atoms with Crippen molar-refractivity contribution in [3.05, 3.63) is 0 Å². The Hall–Kier alpha value is 0.350. The third kappa shape index (κ3) is 2.85. The number of hydrogen-bond donors (Lipinski definition) is 0. The molecule has 17 heavy (non-hydrogen) atoms. The van der Waals surface area contributed by atoms with E-state index in [1.807, 2.05) is 0 Å². The summed E-state index contributed by atoms with van der Waals surface area (Å²) in [5.74, 6) is 3.05. The Balaban J connectivity index is 2.10. The van der Waals surface area contributed by atoms with E-state index in [1.54, 1.807) is 25.7 Å². The van der Waals surface area contributed by atoms with Gasteiger partial charge < -0.3 is 0 Å². The van der Waals surface area contributed by atoms with Crippen molar-refractivity contribution in [1.82, 2.24) is 0 Å². The molecule has 0 unspecified atom stereocenters. The molecule has 102 valence electrons. The molecule has 2 aliphatic carbocycles. The van der Waals surface area contributed by atoms with Crippen molar-refractivity contribution in [3.63, 3.8) is 0 Å². The Kier molecular flexibility index (Phi) is 5.26. The first-order valence-corrected chi connectivity index (χ1v) is 10.2. The second-order valence-electron chi connectivity index (χ2n) is 6.10. The summed E-state index contributed by atoms with van der Waals surface area (Å²) in [6, 6.07) is 0. The highest BCUT2D eigenvalue weighted by atomic mass is 32.3. The molecule has 2 rings (SSSR count). The zero-order valence-corrected chi connectivity index (χ0v) is 12.9. The third-order valence-corrected chi connectivity index (χ3v) is 11.3. The minimum Gasteiger partial charge on any atom is -0.236 e. The van der Waals surface area contributed by atoms with Crippen molar-refractivity contribution in [3.8, 4) is 0 Å². The van der Waals surface area contributed by atoms with Crippen LogP contribution in [0.5, 0.6) is 0 Å². The predicted molar refractivity (Wildman–Crippen MR) is 82.4 cm³/mol. The summed E-state index contributed by atoms with van der Waals surface area (Å²) in [5, 5.41) is 2.30. The fourth-order valence-corrected chi connectivity index (χ4v) is 9.87. The lowest BCUT2D eigenvalue weighted by atomic mass is 10.00. The molecule has 0 nitrogen and oxygen atoms in total. The molecular weight excluding hydrogens is 224 g/mol. The van der Waals surface area contributed by atoms with Crippen molar-refractivity contribution in [2.75, 3.05) is 11.5 Å². The summed E-state index contributed by atoms with van der Waals surface area (Å²) in [7, 11) is -0.276. The van der Waals surface area contributed by atoms with Crippen LogP contribution in [-0.4, -0.2) is 22.0 Å². The van der Waals surface area contributed by atoms with Crippen LogP contribution < -0.4 is 0 Å². The summed E-state index contributed by atoms with van der Waals surface area (Å²) in [5.41, 5.74) is 0. The van der Waals surface area contributed by atoms with Gasteiger partial charge in [-0.05, 0) is 47.7 Å². The van der Waals surface area contributed by atoms with Crippen LogP contribution in [0.15, 0.2) is 0 Å². The highest BCUT2D eigenvalue weighted by molar-refractivity contribution is 8.34. The second-order valence-corrected chi connectivity index (χ2v) is 10.6. The normalized spacial score (nSPS) is 26.0. The van der Waals surface area contributed by atoms with Gasteiger partial charge in [0.1, 0.15) is 0 Å². The van der Waals surface area contributed by atoms with E-state index < -0.39 is 0 Å². The largest absolute Gasteiger partial charge is 0.236 e. The molecule has 0 aromatic carbocycles. The maximum atomic E-state index is 2.52. The van der Waals surface area contributed by atoms with Crippen LogP contribution in [0.25, 0.3) is 0 Å². The molecular formula is C16H32S. The van der Waals surface area contributed by atoms with Gasteiger partial charge in [-0.15, -0.1) is 0 Å². The van der Waals surface area contributed by atoms with E-state index in [4.69, 9.17) is 0 Å². The highest BCUT2D eigenvalue weighted by Crippen LogP contribution is 2.63. The first-order chi connectivity index (χ1) is 8.33. The molecule has 0 radical (unpaired) electrons. The fourth-order valence-electron chi connectivity index (χ4n) is 4.49. The molecule has 0 N–H and O–H groups in total. The Labute approximate surface area is 110 Å². The van der Waals surface area contributed by atoms with E-state index in [0.29, 0.717) is 0 Å². The monoisotopic (exact) mass is 256 g/mol. The van der Waals surface area contributed by atoms with Gasteiger partial charge in [-0.2, -0.15) is 0 Å². The lowest BCUT2D eigenvalue weighted by Crippen LogP contribution is -2.34. The molecule has 0 aromatic heterocycles. The molecule has 1 heteroatoms. The van der Waals surface area contributed by atoms with E-state index >= 15 is 0 Å². The maximum Gasteiger partial charge on any atom is -0.0109 e. The quantitative estimate of drug-likeness (QED) is 0.623. The molecule has 0 bridgehead atoms. The van der Waals surface area contributed by atoms with Gasteiger partial charge >= 0.3 is 0 Å². The molecule has 0 heterocycles. The van der Waals surface area contributed by atoms with Crippen molar-refractivity contribution in [2.45, 2.75) is 88.6 Å². The van der Waals surface area contributed by atoms with E-state index in [9.17, 15) is 0 Å². The molecule has 2 aliphatic rings. The summed E-state index contributed by atoms with van der Waals surface area (Å²) in [6.07, 6.45) is 15.5. The summed E-state index contributed by atoms with van der Waals surface area (Å²) >= 11 is 0. The molecule has 0 atom stereocenters. The van der Waals surface area contributed by atoms with Gasteiger partial charge in [-0.1, -0.05) is 52.4 Å². The molecule has 0 aliphatic heterocycles. The average molecular weight is 256 g/mol. The number of hydrogen-bond acceptors (Lipinski definition) is 0. The van der Waals surface area contributed by atoms with Crippen molar-refractivity contribution >= 4 is 10.0 Å². The lowest BCUT2D eigenvalue weighted by molar-refractivity contribution is 0.485. The van der Waals surface area contributed by atoms with Gasteiger partial charge in [0.05, 0.1) is 0 Å². The average Bonchev–Trinajstić information content (AvgIpc) is 2.43. The minimum atomic E-state index is -0.276. The van der Waals surface area contributed by atoms with Crippen molar-refractivity contribution < 1.29 is 0 Å². The summed E-state index contributed by atoms with van der Waals surface area (Å²) in [6.45, 7) is 5.03. The van der Waals surface area contributed by atoms with Crippen molar-refractivity contribution in [2.24, 2.45) is 0 Å². The minimum absolute atomic E-state index is 0.276. The smallest absolute Gasteiger partial charge is 0.0109 e. The zero-order chi connectivity index (χ0) is 12.1. The van der Waals surface area contributed by atoms with E-state index in [-0.39, 0.29) is 10.0 Å². The zero-order valence-electron chi connectivity index (χ0n) is 12.0. The number of rotatable bonds is 4. The van der Waals surface area contributed by atoms with Crippen LogP contribution in [-0.2, 0) is 0 Å².